The van der Waals surface area contributed by atoms with E-state index >= 15 is 0 Å². The number of rotatable bonds is 5. The molecule has 3 rings (SSSR count). The number of nitrogens with two attached hydrogens (primary N) is 1. The minimum Gasteiger partial charge on any atom is -0.493 e. The summed E-state index contributed by atoms with van der Waals surface area (Å²) in [5, 5.41) is 0. The quantitative estimate of drug-likeness (QED) is 0.857. The summed E-state index contributed by atoms with van der Waals surface area (Å²) in [4.78, 5) is 4.77. The van der Waals surface area contributed by atoms with Crippen LogP contribution in [0.3, 0.4) is 0 Å². The van der Waals surface area contributed by atoms with Crippen molar-refractivity contribution in [1.82, 2.24) is 9.55 Å². The minimum absolute atomic E-state index is 0.460. The summed E-state index contributed by atoms with van der Waals surface area (Å²) in [5.41, 5.74) is 8.00. The van der Waals surface area contributed by atoms with Gasteiger partial charge in [0.25, 0.3) is 0 Å². The number of imidazole rings is 1. The number of nitrogen functional groups attached to an aromatic ring is 1. The van der Waals surface area contributed by atoms with E-state index in [9.17, 15) is 0 Å². The number of nitrogens with zero attached hydrogens (tertiary/aromatic N) is 2. The molecule has 0 amide bonds. The number of para-hydroxylation sites is 1. The fourth-order valence-electron chi connectivity index (χ4n) is 2.54. The third kappa shape index (κ3) is 2.47. The van der Waals surface area contributed by atoms with Crippen molar-refractivity contribution in [2.75, 3.05) is 12.3 Å². The summed E-state index contributed by atoms with van der Waals surface area (Å²) in [6.07, 6.45) is 7.79. The molecule has 1 fully saturated rings. The van der Waals surface area contributed by atoms with Gasteiger partial charge in [-0.1, -0.05) is 18.1 Å². The lowest BCUT2D eigenvalue weighted by atomic mass is 10.1. The molecule has 0 spiro atoms. The van der Waals surface area contributed by atoms with Crippen LogP contribution in [0.25, 0.3) is 11.3 Å². The third-order valence-electron chi connectivity index (χ3n) is 3.67. The Morgan fingerprint density at radius 1 is 1.43 bits per heavy atom. The summed E-state index contributed by atoms with van der Waals surface area (Å²) < 4.78 is 7.64. The van der Waals surface area contributed by atoms with Crippen molar-refractivity contribution < 1.29 is 4.74 Å². The van der Waals surface area contributed by atoms with Crippen LogP contribution < -0.4 is 10.5 Å². The molecule has 2 aromatic rings. The summed E-state index contributed by atoms with van der Waals surface area (Å²) in [7, 11) is 0. The monoisotopic (exact) mass is 281 g/mol. The van der Waals surface area contributed by atoms with Crippen LogP contribution in [0.15, 0.2) is 24.3 Å². The molecule has 1 aromatic carbocycles. The Kier molecular flexibility index (Phi) is 3.57. The van der Waals surface area contributed by atoms with Gasteiger partial charge < -0.3 is 15.0 Å². The molecule has 0 radical (unpaired) electrons. The summed E-state index contributed by atoms with van der Waals surface area (Å²) in [5.74, 6) is 5.60. The molecular formula is C17H19N3O. The van der Waals surface area contributed by atoms with Gasteiger partial charge in [0, 0.05) is 11.5 Å². The maximum absolute atomic E-state index is 6.30. The standard InChI is InChI=1S/C17H19N3O/c1-3-11-20-16(18)15(19-17(20)12-9-10-12)13-7-5-6-8-14(13)21-4-2/h1,5-8,12H,4,9-11,18H2,2H3. The highest BCUT2D eigenvalue weighted by Gasteiger charge is 2.31. The van der Waals surface area contributed by atoms with E-state index in [1.807, 2.05) is 35.8 Å². The number of benzene rings is 1. The van der Waals surface area contributed by atoms with Crippen molar-refractivity contribution in [3.8, 4) is 29.4 Å². The van der Waals surface area contributed by atoms with E-state index in [-0.39, 0.29) is 0 Å². The first-order valence-electron chi connectivity index (χ1n) is 7.27. The number of terminal acetylenes is 1. The zero-order valence-corrected chi connectivity index (χ0v) is 12.2. The Hall–Kier alpha value is -2.41. The topological polar surface area (TPSA) is 53.1 Å². The highest BCUT2D eigenvalue weighted by molar-refractivity contribution is 5.76. The van der Waals surface area contributed by atoms with E-state index in [0.717, 1.165) is 35.7 Å². The lowest BCUT2D eigenvalue weighted by molar-refractivity contribution is 0.341. The lowest BCUT2D eigenvalue weighted by Crippen LogP contribution is -2.05. The lowest BCUT2D eigenvalue weighted by Gasteiger charge is -2.09. The van der Waals surface area contributed by atoms with Gasteiger partial charge in [-0.05, 0) is 31.9 Å². The highest BCUT2D eigenvalue weighted by atomic mass is 16.5. The van der Waals surface area contributed by atoms with Crippen molar-refractivity contribution >= 4 is 5.82 Å². The van der Waals surface area contributed by atoms with Gasteiger partial charge in [0.15, 0.2) is 0 Å². The number of anilines is 1. The molecule has 0 saturated heterocycles. The Morgan fingerprint density at radius 3 is 2.86 bits per heavy atom. The van der Waals surface area contributed by atoms with Gasteiger partial charge in [0.2, 0.25) is 0 Å². The maximum Gasteiger partial charge on any atom is 0.132 e. The van der Waals surface area contributed by atoms with E-state index in [2.05, 4.69) is 5.92 Å². The molecule has 0 aliphatic heterocycles. The predicted molar refractivity (Wildman–Crippen MR) is 84.1 cm³/mol. The van der Waals surface area contributed by atoms with E-state index in [1.54, 1.807) is 0 Å². The van der Waals surface area contributed by atoms with Crippen molar-refractivity contribution in [2.24, 2.45) is 0 Å². The van der Waals surface area contributed by atoms with Crippen LogP contribution in [-0.2, 0) is 6.54 Å². The fourth-order valence-corrected chi connectivity index (χ4v) is 2.54. The van der Waals surface area contributed by atoms with Crippen LogP contribution in [-0.4, -0.2) is 16.2 Å². The molecular weight excluding hydrogens is 262 g/mol. The molecule has 2 N–H and O–H groups in total. The molecule has 0 bridgehead atoms. The number of ether oxygens (including phenoxy) is 1. The second-order valence-electron chi connectivity index (χ2n) is 5.20. The van der Waals surface area contributed by atoms with Gasteiger partial charge in [0.1, 0.15) is 23.1 Å². The largest absolute Gasteiger partial charge is 0.493 e. The molecule has 0 unspecified atom stereocenters. The number of hydrogen-bond donors (Lipinski definition) is 1. The smallest absolute Gasteiger partial charge is 0.132 e. The van der Waals surface area contributed by atoms with Crippen LogP contribution in [0, 0.1) is 12.3 Å². The van der Waals surface area contributed by atoms with Crippen molar-refractivity contribution in [3.05, 3.63) is 30.1 Å². The average Bonchev–Trinajstić information content (AvgIpc) is 3.28. The molecule has 1 saturated carbocycles. The zero-order valence-electron chi connectivity index (χ0n) is 12.2. The molecule has 4 nitrogen and oxygen atoms in total. The van der Waals surface area contributed by atoms with E-state index in [0.29, 0.717) is 24.9 Å². The minimum atomic E-state index is 0.460. The molecule has 1 aliphatic carbocycles. The van der Waals surface area contributed by atoms with Gasteiger partial charge in [0.05, 0.1) is 13.2 Å². The van der Waals surface area contributed by atoms with Gasteiger partial charge in [-0.2, -0.15) is 0 Å². The van der Waals surface area contributed by atoms with Crippen molar-refractivity contribution in [2.45, 2.75) is 32.2 Å². The van der Waals surface area contributed by atoms with Crippen molar-refractivity contribution in [3.63, 3.8) is 0 Å². The molecule has 1 aliphatic rings. The molecule has 21 heavy (non-hydrogen) atoms. The van der Waals surface area contributed by atoms with Gasteiger partial charge in [-0.25, -0.2) is 4.98 Å². The summed E-state index contributed by atoms with van der Waals surface area (Å²) >= 11 is 0. The van der Waals surface area contributed by atoms with Crippen LogP contribution in [0.1, 0.15) is 31.5 Å². The first-order valence-corrected chi connectivity index (χ1v) is 7.27. The predicted octanol–water partition coefficient (Wildman–Crippen LogP) is 3.04. The third-order valence-corrected chi connectivity index (χ3v) is 3.67. The van der Waals surface area contributed by atoms with Crippen LogP contribution in [0.4, 0.5) is 5.82 Å². The Balaban J connectivity index is 2.11. The zero-order chi connectivity index (χ0) is 14.8. The SMILES string of the molecule is C#CCn1c(C2CC2)nc(-c2ccccc2OCC)c1N. The normalized spacial score (nSPS) is 13.9. The van der Waals surface area contributed by atoms with Crippen molar-refractivity contribution in [1.29, 1.82) is 0 Å². The second-order valence-corrected chi connectivity index (χ2v) is 5.20. The Labute approximate surface area is 124 Å². The van der Waals surface area contributed by atoms with E-state index in [4.69, 9.17) is 21.9 Å². The first kappa shape index (κ1) is 13.6. The number of hydrogen-bond acceptors (Lipinski definition) is 3. The fraction of sp³-hybridized carbons (Fsp3) is 0.353. The average molecular weight is 281 g/mol. The second kappa shape index (κ2) is 5.53. The van der Waals surface area contributed by atoms with Crippen LogP contribution in [0.5, 0.6) is 5.75 Å². The Morgan fingerprint density at radius 2 is 2.19 bits per heavy atom. The van der Waals surface area contributed by atoms with Crippen LogP contribution >= 0.6 is 0 Å². The summed E-state index contributed by atoms with van der Waals surface area (Å²) in [6, 6.07) is 7.84. The summed E-state index contributed by atoms with van der Waals surface area (Å²) in [6.45, 7) is 3.03. The molecule has 0 atom stereocenters. The van der Waals surface area contributed by atoms with Gasteiger partial charge in [-0.3, -0.25) is 0 Å². The molecule has 4 heteroatoms. The molecule has 1 heterocycles. The Bertz CT molecular complexity index is 693. The van der Waals surface area contributed by atoms with Crippen LogP contribution in [0.2, 0.25) is 0 Å². The van der Waals surface area contributed by atoms with Gasteiger partial charge in [-0.15, -0.1) is 6.42 Å². The molecule has 108 valence electrons. The first-order chi connectivity index (χ1) is 10.3. The molecule has 1 aromatic heterocycles. The van der Waals surface area contributed by atoms with E-state index in [1.165, 1.54) is 0 Å². The highest BCUT2D eigenvalue weighted by Crippen LogP contribution is 2.43. The number of aromatic nitrogens is 2. The van der Waals surface area contributed by atoms with Gasteiger partial charge >= 0.3 is 0 Å². The maximum atomic E-state index is 6.30. The van der Waals surface area contributed by atoms with E-state index < -0.39 is 0 Å².